The van der Waals surface area contributed by atoms with Gasteiger partial charge in [-0.1, -0.05) is 27.2 Å². The van der Waals surface area contributed by atoms with Gasteiger partial charge in [-0.2, -0.15) is 0 Å². The van der Waals surface area contributed by atoms with E-state index in [1.165, 1.54) is 0 Å². The van der Waals surface area contributed by atoms with Gasteiger partial charge >= 0.3 is 0 Å². The van der Waals surface area contributed by atoms with E-state index >= 15 is 0 Å². The van der Waals surface area contributed by atoms with Gasteiger partial charge in [0.05, 0.1) is 12.7 Å². The van der Waals surface area contributed by atoms with Crippen molar-refractivity contribution in [2.24, 2.45) is 11.8 Å². The number of nitrogens with one attached hydrogen (secondary N) is 1. The van der Waals surface area contributed by atoms with E-state index in [9.17, 15) is 24.9 Å². The van der Waals surface area contributed by atoms with Gasteiger partial charge in [-0.05, 0) is 25.7 Å². The van der Waals surface area contributed by atoms with Gasteiger partial charge in [0, 0.05) is 37.8 Å². The zero-order chi connectivity index (χ0) is 21.8. The average molecular weight is 418 g/mol. The Morgan fingerprint density at radius 1 is 1.03 bits per heavy atom. The van der Waals surface area contributed by atoms with E-state index in [1.807, 2.05) is 13.8 Å². The van der Waals surface area contributed by atoms with Crippen LogP contribution in [-0.4, -0.2) is 71.4 Å². The molecular formula is C21H39NO7. The molecule has 1 heterocycles. The molecular weight excluding hydrogens is 378 g/mol. The third-order valence-corrected chi connectivity index (χ3v) is 5.33. The van der Waals surface area contributed by atoms with E-state index in [0.717, 1.165) is 19.3 Å². The molecule has 0 aliphatic carbocycles. The first-order valence-corrected chi connectivity index (χ1v) is 10.8. The van der Waals surface area contributed by atoms with Gasteiger partial charge in [0.15, 0.2) is 6.29 Å². The van der Waals surface area contributed by atoms with E-state index in [4.69, 9.17) is 9.47 Å². The molecule has 1 fully saturated rings. The molecule has 170 valence electrons. The van der Waals surface area contributed by atoms with Crippen molar-refractivity contribution in [3.05, 3.63) is 0 Å². The van der Waals surface area contributed by atoms with Crippen molar-refractivity contribution >= 4 is 11.7 Å². The number of hydrogen-bond donors (Lipinski definition) is 4. The number of aliphatic hydroxyl groups excluding tert-OH is 3. The number of ketones is 1. The van der Waals surface area contributed by atoms with Gasteiger partial charge in [-0.3, -0.25) is 9.59 Å². The molecule has 0 spiro atoms. The second-order valence-electron chi connectivity index (χ2n) is 8.18. The van der Waals surface area contributed by atoms with Crippen molar-refractivity contribution in [3.63, 3.8) is 0 Å². The summed E-state index contributed by atoms with van der Waals surface area (Å²) >= 11 is 0. The molecule has 1 aliphatic rings. The van der Waals surface area contributed by atoms with Crippen molar-refractivity contribution in [1.29, 1.82) is 0 Å². The van der Waals surface area contributed by atoms with E-state index in [0.29, 0.717) is 44.6 Å². The van der Waals surface area contributed by atoms with Crippen molar-refractivity contribution in [1.82, 2.24) is 5.32 Å². The van der Waals surface area contributed by atoms with Crippen LogP contribution in [-0.2, 0) is 19.1 Å². The second kappa shape index (κ2) is 14.0. The van der Waals surface area contributed by atoms with Crippen LogP contribution in [0.5, 0.6) is 0 Å². The van der Waals surface area contributed by atoms with E-state index in [-0.39, 0.29) is 18.4 Å². The molecule has 8 nitrogen and oxygen atoms in total. The molecule has 0 aromatic carbocycles. The van der Waals surface area contributed by atoms with E-state index in [1.54, 1.807) is 6.92 Å². The minimum Gasteiger partial charge on any atom is -0.394 e. The number of unbranched alkanes of at least 4 members (excludes halogenated alkanes) is 3. The summed E-state index contributed by atoms with van der Waals surface area (Å²) in [4.78, 5) is 23.3. The van der Waals surface area contributed by atoms with Crippen molar-refractivity contribution in [2.45, 2.75) is 90.3 Å². The smallest absolute Gasteiger partial charge is 0.219 e. The molecule has 29 heavy (non-hydrogen) atoms. The fourth-order valence-electron chi connectivity index (χ4n) is 3.20. The Kier molecular flexibility index (Phi) is 12.6. The van der Waals surface area contributed by atoms with E-state index < -0.39 is 30.5 Å². The molecule has 0 aromatic rings. The van der Waals surface area contributed by atoms with Crippen LogP contribution in [0, 0.1) is 11.8 Å². The number of amides is 1. The Morgan fingerprint density at radius 2 is 1.72 bits per heavy atom. The average Bonchev–Trinajstić information content (AvgIpc) is 2.69. The fourth-order valence-corrected chi connectivity index (χ4v) is 3.20. The monoisotopic (exact) mass is 417 g/mol. The molecule has 0 radical (unpaired) electrons. The highest BCUT2D eigenvalue weighted by Crippen LogP contribution is 2.26. The van der Waals surface area contributed by atoms with Crippen LogP contribution in [0.4, 0.5) is 0 Å². The lowest BCUT2D eigenvalue weighted by Gasteiger charge is -2.40. The summed E-state index contributed by atoms with van der Waals surface area (Å²) in [5.41, 5.74) is 0. The van der Waals surface area contributed by atoms with Crippen molar-refractivity contribution in [2.75, 3.05) is 19.8 Å². The highest BCUT2D eigenvalue weighted by atomic mass is 16.7. The molecule has 0 aromatic heterocycles. The lowest BCUT2D eigenvalue weighted by atomic mass is 9.92. The quantitative estimate of drug-likeness (QED) is 0.312. The Bertz CT molecular complexity index is 484. The number of hydrogen-bond acceptors (Lipinski definition) is 7. The number of aliphatic hydroxyl groups is 3. The standard InChI is InChI=1S/C21H39NO7/c1-14(2)16(24)9-5-4-7-11-22-18(25)10-6-8-12-28-21-15(3)19(26)20(27)17(13-23)29-21/h14-15,17,19-21,23,26-27H,4-13H2,1-3H3,(H,22,25). The second-order valence-corrected chi connectivity index (χ2v) is 8.18. The van der Waals surface area contributed by atoms with Crippen LogP contribution in [0.1, 0.15) is 65.7 Å². The molecule has 0 bridgehead atoms. The molecule has 1 rings (SSSR count). The molecule has 1 saturated heterocycles. The molecule has 1 aliphatic heterocycles. The molecule has 5 unspecified atom stereocenters. The first-order valence-electron chi connectivity index (χ1n) is 10.8. The SMILES string of the molecule is CC(C)C(=O)CCCCCNC(=O)CCCCOC1OC(CO)C(O)C(O)C1C. The van der Waals surface area contributed by atoms with Crippen LogP contribution in [0.15, 0.2) is 0 Å². The predicted octanol–water partition coefficient (Wildman–Crippen LogP) is 1.15. The van der Waals surface area contributed by atoms with Crippen molar-refractivity contribution in [3.8, 4) is 0 Å². The summed E-state index contributed by atoms with van der Waals surface area (Å²) in [6, 6.07) is 0. The first-order chi connectivity index (χ1) is 13.8. The zero-order valence-corrected chi connectivity index (χ0v) is 18.0. The predicted molar refractivity (Wildman–Crippen MR) is 108 cm³/mol. The van der Waals surface area contributed by atoms with Crippen molar-refractivity contribution < 1.29 is 34.4 Å². The number of Topliss-reactive ketones (excluding diaryl/α,β-unsaturated/α-hetero) is 1. The number of ether oxygens (including phenoxy) is 2. The molecule has 0 saturated carbocycles. The summed E-state index contributed by atoms with van der Waals surface area (Å²) in [5, 5.41) is 31.9. The third-order valence-electron chi connectivity index (χ3n) is 5.33. The van der Waals surface area contributed by atoms with Crippen LogP contribution < -0.4 is 5.32 Å². The van der Waals surface area contributed by atoms with E-state index in [2.05, 4.69) is 5.32 Å². The number of carbonyl (C=O) groups is 2. The Balaban J connectivity index is 2.05. The normalized spacial score (nSPS) is 27.2. The minimum atomic E-state index is -1.13. The lowest BCUT2D eigenvalue weighted by Crippen LogP contribution is -2.55. The van der Waals surface area contributed by atoms with Gasteiger partial charge in [-0.15, -0.1) is 0 Å². The maximum absolute atomic E-state index is 11.8. The Morgan fingerprint density at radius 3 is 2.38 bits per heavy atom. The summed E-state index contributed by atoms with van der Waals surface area (Å²) in [7, 11) is 0. The summed E-state index contributed by atoms with van der Waals surface area (Å²) in [6.45, 7) is 6.15. The highest BCUT2D eigenvalue weighted by molar-refractivity contribution is 5.80. The molecule has 8 heteroatoms. The topological polar surface area (TPSA) is 125 Å². The molecule has 1 amide bonds. The number of rotatable bonds is 14. The maximum atomic E-state index is 11.8. The van der Waals surface area contributed by atoms with Crippen LogP contribution in [0.25, 0.3) is 0 Å². The molecule has 5 atom stereocenters. The summed E-state index contributed by atoms with van der Waals surface area (Å²) in [5.74, 6) is -0.0162. The number of carbonyl (C=O) groups excluding carboxylic acids is 2. The van der Waals surface area contributed by atoms with Gasteiger partial charge in [0.2, 0.25) is 5.91 Å². The van der Waals surface area contributed by atoms with Crippen LogP contribution in [0.3, 0.4) is 0 Å². The largest absolute Gasteiger partial charge is 0.394 e. The van der Waals surface area contributed by atoms with Gasteiger partial charge in [0.1, 0.15) is 18.0 Å². The fraction of sp³-hybridized carbons (Fsp3) is 0.905. The van der Waals surface area contributed by atoms with Gasteiger partial charge in [0.25, 0.3) is 0 Å². The first kappa shape index (κ1) is 26.0. The summed E-state index contributed by atoms with van der Waals surface area (Å²) in [6.07, 6.45) is 1.34. The van der Waals surface area contributed by atoms with Crippen LogP contribution in [0.2, 0.25) is 0 Å². The third kappa shape index (κ3) is 9.53. The zero-order valence-electron chi connectivity index (χ0n) is 18.0. The lowest BCUT2D eigenvalue weighted by molar-refractivity contribution is -0.282. The highest BCUT2D eigenvalue weighted by Gasteiger charge is 2.42. The minimum absolute atomic E-state index is 0.00410. The summed E-state index contributed by atoms with van der Waals surface area (Å²) < 4.78 is 11.1. The van der Waals surface area contributed by atoms with Gasteiger partial charge in [-0.25, -0.2) is 0 Å². The Hall–Kier alpha value is -1.06. The molecule has 4 N–H and O–H groups in total. The van der Waals surface area contributed by atoms with Gasteiger partial charge < -0.3 is 30.1 Å². The Labute approximate surface area is 174 Å². The maximum Gasteiger partial charge on any atom is 0.219 e. The van der Waals surface area contributed by atoms with Crippen LogP contribution >= 0.6 is 0 Å².